The molecule has 1 aromatic heterocycles. The molecule has 1 saturated carbocycles. The molecule has 1 aromatic rings. The van der Waals surface area contributed by atoms with Crippen molar-refractivity contribution < 1.29 is 23.8 Å². The number of likely N-dealkylation sites (tertiary alicyclic amines) is 1. The summed E-state index contributed by atoms with van der Waals surface area (Å²) in [4.78, 5) is 26.0. The monoisotopic (exact) mass is 367 g/mol. The molecular formula is C16H25N5O5. The number of ether oxygens (including phenoxy) is 3. The van der Waals surface area contributed by atoms with Crippen molar-refractivity contribution in [2.75, 3.05) is 20.3 Å². The normalized spacial score (nSPS) is 28.3. The van der Waals surface area contributed by atoms with E-state index in [0.29, 0.717) is 37.2 Å². The van der Waals surface area contributed by atoms with Crippen molar-refractivity contribution in [2.24, 2.45) is 11.8 Å². The van der Waals surface area contributed by atoms with E-state index >= 15 is 0 Å². The average Bonchev–Trinajstić information content (AvgIpc) is 3.18. The zero-order chi connectivity index (χ0) is 18.5. The third-order valence-corrected chi connectivity index (χ3v) is 5.23. The van der Waals surface area contributed by atoms with Gasteiger partial charge >= 0.3 is 12.1 Å². The number of H-pyrrole nitrogens is 1. The highest BCUT2D eigenvalue weighted by Gasteiger charge is 2.44. The van der Waals surface area contributed by atoms with Crippen LogP contribution in [-0.2, 0) is 25.6 Å². The number of aromatic amines is 1. The Morgan fingerprint density at radius 3 is 2.81 bits per heavy atom. The molecule has 0 bridgehead atoms. The Labute approximate surface area is 151 Å². The molecule has 0 aromatic carbocycles. The number of esters is 1. The summed E-state index contributed by atoms with van der Waals surface area (Å²) in [5.41, 5.74) is 0. The van der Waals surface area contributed by atoms with Crippen LogP contribution in [0.5, 0.6) is 0 Å². The molecule has 2 aliphatic rings. The summed E-state index contributed by atoms with van der Waals surface area (Å²) < 4.78 is 15.9. The van der Waals surface area contributed by atoms with Crippen molar-refractivity contribution in [3.05, 3.63) is 5.82 Å². The van der Waals surface area contributed by atoms with Gasteiger partial charge in [-0.1, -0.05) is 5.21 Å². The van der Waals surface area contributed by atoms with E-state index in [-0.39, 0.29) is 18.7 Å². The van der Waals surface area contributed by atoms with Crippen LogP contribution < -0.4 is 0 Å². The first-order valence-corrected chi connectivity index (χ1v) is 8.97. The maximum absolute atomic E-state index is 12.3. The number of carbonyl (C=O) groups is 2. The van der Waals surface area contributed by atoms with E-state index < -0.39 is 12.1 Å². The van der Waals surface area contributed by atoms with Gasteiger partial charge in [0.15, 0.2) is 5.82 Å². The van der Waals surface area contributed by atoms with E-state index in [9.17, 15) is 9.59 Å². The average molecular weight is 367 g/mol. The second kappa shape index (κ2) is 8.43. The SMILES string of the molecule is CCOC(=O)[C@@H]1C[C@H]2C[C@H](OCc3nn[nH]n3)CC[C@H]2CN1C(=O)OC. The van der Waals surface area contributed by atoms with Crippen molar-refractivity contribution in [3.63, 3.8) is 0 Å². The van der Waals surface area contributed by atoms with Crippen molar-refractivity contribution >= 4 is 12.1 Å². The Bertz CT molecular complexity index is 610. The fraction of sp³-hybridized carbons (Fsp3) is 0.812. The van der Waals surface area contributed by atoms with Gasteiger partial charge in [-0.15, -0.1) is 10.2 Å². The van der Waals surface area contributed by atoms with E-state index in [1.165, 1.54) is 12.0 Å². The van der Waals surface area contributed by atoms with Crippen LogP contribution in [-0.4, -0.2) is 70.0 Å². The highest BCUT2D eigenvalue weighted by Crippen LogP contribution is 2.40. The van der Waals surface area contributed by atoms with E-state index in [1.54, 1.807) is 6.92 Å². The van der Waals surface area contributed by atoms with Gasteiger partial charge in [-0.05, 0) is 44.4 Å². The smallest absolute Gasteiger partial charge is 0.410 e. The summed E-state index contributed by atoms with van der Waals surface area (Å²) in [5.74, 6) is 0.794. The number of nitrogens with zero attached hydrogens (tertiary/aromatic N) is 4. The van der Waals surface area contributed by atoms with Crippen LogP contribution in [0.2, 0.25) is 0 Å². The summed E-state index contributed by atoms with van der Waals surface area (Å²) in [6.07, 6.45) is 2.86. The molecule has 10 nitrogen and oxygen atoms in total. The number of piperidine rings is 1. The highest BCUT2D eigenvalue weighted by molar-refractivity contribution is 5.81. The van der Waals surface area contributed by atoms with Gasteiger partial charge in [-0.2, -0.15) is 5.21 Å². The molecule has 2 fully saturated rings. The Hall–Kier alpha value is -2.23. The van der Waals surface area contributed by atoms with Gasteiger partial charge in [0.05, 0.1) is 19.8 Å². The molecular weight excluding hydrogens is 342 g/mol. The molecule has 1 aliphatic heterocycles. The Kier molecular flexibility index (Phi) is 6.02. The molecule has 0 unspecified atom stereocenters. The van der Waals surface area contributed by atoms with Crippen LogP contribution in [0.4, 0.5) is 4.79 Å². The van der Waals surface area contributed by atoms with Crippen LogP contribution in [0, 0.1) is 11.8 Å². The summed E-state index contributed by atoms with van der Waals surface area (Å²) in [6.45, 7) is 2.87. The molecule has 10 heteroatoms. The zero-order valence-electron chi connectivity index (χ0n) is 15.1. The van der Waals surface area contributed by atoms with Gasteiger partial charge in [0.1, 0.15) is 12.6 Å². The lowest BCUT2D eigenvalue weighted by Gasteiger charge is -2.45. The van der Waals surface area contributed by atoms with Gasteiger partial charge in [-0.25, -0.2) is 9.59 Å². The van der Waals surface area contributed by atoms with Crippen LogP contribution in [0.15, 0.2) is 0 Å². The van der Waals surface area contributed by atoms with Crippen molar-refractivity contribution in [3.8, 4) is 0 Å². The van der Waals surface area contributed by atoms with Crippen LogP contribution in [0.3, 0.4) is 0 Å². The third kappa shape index (κ3) is 4.12. The number of amides is 1. The zero-order valence-corrected chi connectivity index (χ0v) is 15.1. The molecule has 4 atom stereocenters. The number of fused-ring (bicyclic) bond motifs is 1. The van der Waals surface area contributed by atoms with Gasteiger partial charge in [-0.3, -0.25) is 4.90 Å². The van der Waals surface area contributed by atoms with Gasteiger partial charge in [0, 0.05) is 6.54 Å². The largest absolute Gasteiger partial charge is 0.464 e. The first-order chi connectivity index (χ1) is 12.6. The van der Waals surface area contributed by atoms with E-state index in [4.69, 9.17) is 14.2 Å². The number of aromatic nitrogens is 4. The first-order valence-electron chi connectivity index (χ1n) is 8.97. The summed E-state index contributed by atoms with van der Waals surface area (Å²) >= 11 is 0. The third-order valence-electron chi connectivity index (χ3n) is 5.23. The Morgan fingerprint density at radius 1 is 1.27 bits per heavy atom. The van der Waals surface area contributed by atoms with Crippen molar-refractivity contribution in [1.82, 2.24) is 25.5 Å². The number of tetrazole rings is 1. The predicted molar refractivity (Wildman–Crippen MR) is 87.7 cm³/mol. The lowest BCUT2D eigenvalue weighted by atomic mass is 9.72. The molecule has 0 radical (unpaired) electrons. The van der Waals surface area contributed by atoms with Crippen molar-refractivity contribution in [2.45, 2.75) is 51.4 Å². The minimum Gasteiger partial charge on any atom is -0.464 e. The number of carbonyl (C=O) groups excluding carboxylic acids is 2. The second-order valence-corrected chi connectivity index (χ2v) is 6.72. The number of nitrogens with one attached hydrogen (secondary N) is 1. The lowest BCUT2D eigenvalue weighted by Crippen LogP contribution is -2.55. The molecule has 2 heterocycles. The molecule has 1 amide bonds. The van der Waals surface area contributed by atoms with E-state index in [2.05, 4.69) is 20.6 Å². The Morgan fingerprint density at radius 2 is 2.12 bits per heavy atom. The van der Waals surface area contributed by atoms with Crippen LogP contribution >= 0.6 is 0 Å². The second-order valence-electron chi connectivity index (χ2n) is 6.72. The molecule has 0 spiro atoms. The summed E-state index contributed by atoms with van der Waals surface area (Å²) in [7, 11) is 1.33. The maximum Gasteiger partial charge on any atom is 0.410 e. The fourth-order valence-electron chi connectivity index (χ4n) is 3.97. The quantitative estimate of drug-likeness (QED) is 0.763. The highest BCUT2D eigenvalue weighted by atomic mass is 16.6. The lowest BCUT2D eigenvalue weighted by molar-refractivity contribution is -0.153. The summed E-state index contributed by atoms with van der Waals surface area (Å²) in [6, 6.07) is -0.598. The van der Waals surface area contributed by atoms with E-state index in [1.807, 2.05) is 0 Å². The number of hydrogen-bond acceptors (Lipinski definition) is 8. The molecule has 144 valence electrons. The van der Waals surface area contributed by atoms with Crippen molar-refractivity contribution in [1.29, 1.82) is 0 Å². The molecule has 1 aliphatic carbocycles. The van der Waals surface area contributed by atoms with E-state index in [0.717, 1.165) is 19.3 Å². The minimum atomic E-state index is -0.598. The minimum absolute atomic E-state index is 0.0854. The first kappa shape index (κ1) is 18.6. The number of hydrogen-bond donors (Lipinski definition) is 1. The number of methoxy groups -OCH3 is 1. The Balaban J connectivity index is 1.62. The van der Waals surface area contributed by atoms with Gasteiger partial charge in [0.25, 0.3) is 0 Å². The standard InChI is InChI=1S/C16H25N5O5/c1-3-25-15(22)13-7-11-6-12(26-9-14-17-19-20-18-14)5-4-10(11)8-21(13)16(23)24-2/h10-13H,3-9H2,1-2H3,(H,17,18,19,20)/t10-,11+,12+,13-/m0/s1. The predicted octanol–water partition coefficient (Wildman–Crippen LogP) is 0.905. The van der Waals surface area contributed by atoms with Crippen LogP contribution in [0.25, 0.3) is 0 Å². The van der Waals surface area contributed by atoms with Crippen LogP contribution in [0.1, 0.15) is 38.4 Å². The van der Waals surface area contributed by atoms with Gasteiger partial charge < -0.3 is 14.2 Å². The molecule has 26 heavy (non-hydrogen) atoms. The molecule has 1 N–H and O–H groups in total. The molecule has 1 saturated heterocycles. The topological polar surface area (TPSA) is 120 Å². The summed E-state index contributed by atoms with van der Waals surface area (Å²) in [5, 5.41) is 13.7. The maximum atomic E-state index is 12.3. The van der Waals surface area contributed by atoms with Gasteiger partial charge in [0.2, 0.25) is 0 Å². The number of rotatable bonds is 5. The fourth-order valence-corrected chi connectivity index (χ4v) is 3.97. The molecule has 3 rings (SSSR count).